The largest absolute Gasteiger partial charge is 0.481 e. The van der Waals surface area contributed by atoms with E-state index < -0.39 is 24.0 Å². The number of nitrogens with one attached hydrogen (secondary N) is 3. The third kappa shape index (κ3) is 9.12. The summed E-state index contributed by atoms with van der Waals surface area (Å²) in [6, 6.07) is -1.40. The molecular weight excluding hydrogens is 314 g/mol. The van der Waals surface area contributed by atoms with Gasteiger partial charge in [0.2, 0.25) is 17.7 Å². The molecule has 0 aromatic heterocycles. The Hall–Kier alpha value is -2.12. The van der Waals surface area contributed by atoms with Gasteiger partial charge in [-0.25, -0.2) is 0 Å². The summed E-state index contributed by atoms with van der Waals surface area (Å²) in [6.07, 6.45) is 2.07. The number of hydrogen-bond acceptors (Lipinski definition) is 4. The third-order valence-electron chi connectivity index (χ3n) is 3.56. The number of carbonyl (C=O) groups excluding carboxylic acids is 3. The average molecular weight is 343 g/mol. The first-order valence-electron chi connectivity index (χ1n) is 8.22. The Kier molecular flexibility index (Phi) is 10.4. The van der Waals surface area contributed by atoms with Crippen molar-refractivity contribution in [2.75, 3.05) is 7.05 Å². The van der Waals surface area contributed by atoms with E-state index in [-0.39, 0.29) is 30.6 Å². The van der Waals surface area contributed by atoms with E-state index in [2.05, 4.69) is 16.0 Å². The minimum atomic E-state index is -0.846. The maximum absolute atomic E-state index is 12.2. The number of carboxylic acid groups (broad SMARTS) is 1. The van der Waals surface area contributed by atoms with Crippen LogP contribution in [0.4, 0.5) is 0 Å². The smallest absolute Gasteiger partial charge is 0.303 e. The molecule has 138 valence electrons. The normalized spacial score (nSPS) is 13.0. The van der Waals surface area contributed by atoms with Gasteiger partial charge in [0, 0.05) is 19.9 Å². The van der Waals surface area contributed by atoms with Crippen LogP contribution in [0, 0.1) is 5.92 Å². The van der Waals surface area contributed by atoms with Gasteiger partial charge in [-0.3, -0.25) is 19.2 Å². The van der Waals surface area contributed by atoms with Crippen molar-refractivity contribution in [3.05, 3.63) is 0 Å². The number of carbonyl (C=O) groups is 4. The molecule has 8 heteroatoms. The lowest BCUT2D eigenvalue weighted by Gasteiger charge is -2.23. The van der Waals surface area contributed by atoms with Crippen molar-refractivity contribution >= 4 is 23.7 Å². The summed E-state index contributed by atoms with van der Waals surface area (Å²) in [5.41, 5.74) is 0. The Bertz CT molecular complexity index is 451. The maximum atomic E-state index is 12.2. The van der Waals surface area contributed by atoms with Crippen molar-refractivity contribution in [1.29, 1.82) is 0 Å². The van der Waals surface area contributed by atoms with E-state index in [1.165, 1.54) is 7.05 Å². The molecule has 4 N–H and O–H groups in total. The molecule has 0 fully saturated rings. The lowest BCUT2D eigenvalue weighted by Crippen LogP contribution is -2.54. The Morgan fingerprint density at radius 2 is 1.46 bits per heavy atom. The molecule has 0 bridgehead atoms. The minimum absolute atomic E-state index is 0.0933. The van der Waals surface area contributed by atoms with Crippen LogP contribution in [0.5, 0.6) is 0 Å². The van der Waals surface area contributed by atoms with Crippen LogP contribution in [0.15, 0.2) is 0 Å². The molecule has 0 heterocycles. The number of likely N-dealkylation sites (N-methyl/N-ethyl adjacent to an activating group) is 1. The Morgan fingerprint density at radius 1 is 0.875 bits per heavy atom. The number of hydrogen-bond donors (Lipinski definition) is 4. The Balaban J connectivity index is 4.36. The predicted molar refractivity (Wildman–Crippen MR) is 89.2 cm³/mol. The number of rotatable bonds is 11. The van der Waals surface area contributed by atoms with E-state index in [0.29, 0.717) is 19.3 Å². The summed E-state index contributed by atoms with van der Waals surface area (Å²) >= 11 is 0. The van der Waals surface area contributed by atoms with E-state index in [1.807, 2.05) is 13.8 Å². The number of amides is 3. The van der Waals surface area contributed by atoms with Gasteiger partial charge < -0.3 is 21.1 Å². The first-order chi connectivity index (χ1) is 11.2. The number of aliphatic carboxylic acids is 1. The highest BCUT2D eigenvalue weighted by atomic mass is 16.4. The summed E-state index contributed by atoms with van der Waals surface area (Å²) in [4.78, 5) is 46.0. The van der Waals surface area contributed by atoms with Crippen LogP contribution in [0.1, 0.15) is 52.9 Å². The lowest BCUT2D eigenvalue weighted by atomic mass is 10.0. The van der Waals surface area contributed by atoms with Crippen molar-refractivity contribution in [1.82, 2.24) is 16.0 Å². The summed E-state index contributed by atoms with van der Waals surface area (Å²) in [6.45, 7) is 5.18. The summed E-state index contributed by atoms with van der Waals surface area (Å²) in [5.74, 6) is -1.94. The van der Waals surface area contributed by atoms with E-state index in [4.69, 9.17) is 5.11 Å². The molecule has 2 atom stereocenters. The topological polar surface area (TPSA) is 125 Å². The summed E-state index contributed by atoms with van der Waals surface area (Å²) < 4.78 is 0. The van der Waals surface area contributed by atoms with Gasteiger partial charge in [-0.15, -0.1) is 0 Å². The molecule has 0 spiro atoms. The average Bonchev–Trinajstić information content (AvgIpc) is 2.50. The molecule has 0 unspecified atom stereocenters. The van der Waals surface area contributed by atoms with E-state index in [9.17, 15) is 19.2 Å². The fourth-order valence-electron chi connectivity index (χ4n) is 2.10. The molecule has 0 radical (unpaired) electrons. The highest BCUT2D eigenvalue weighted by Gasteiger charge is 2.26. The fourth-order valence-corrected chi connectivity index (χ4v) is 2.10. The maximum Gasteiger partial charge on any atom is 0.303 e. The molecule has 0 rings (SSSR count). The van der Waals surface area contributed by atoms with E-state index in [1.54, 1.807) is 6.92 Å². The SMILES string of the molecule is CNC(=O)[C@H](C)NC(=O)[C@@H](NC(=O)CCCCCC(=O)O)C(C)C. The fraction of sp³-hybridized carbons (Fsp3) is 0.750. The van der Waals surface area contributed by atoms with Crippen molar-refractivity contribution in [3.8, 4) is 0 Å². The predicted octanol–water partition coefficient (Wildman–Crippen LogP) is 0.413. The van der Waals surface area contributed by atoms with Crippen molar-refractivity contribution in [3.63, 3.8) is 0 Å². The molecule has 0 aliphatic carbocycles. The number of carboxylic acids is 1. The van der Waals surface area contributed by atoms with Crippen LogP contribution in [0.25, 0.3) is 0 Å². The minimum Gasteiger partial charge on any atom is -0.481 e. The first kappa shape index (κ1) is 21.9. The Labute approximate surface area is 142 Å². The standard InChI is InChI=1S/C16H29N3O5/c1-10(2)14(16(24)18-11(3)15(23)17-4)19-12(20)8-6-5-7-9-13(21)22/h10-11,14H,5-9H2,1-4H3,(H,17,23)(H,18,24)(H,19,20)(H,21,22)/t11-,14-/m0/s1. The monoisotopic (exact) mass is 343 g/mol. The van der Waals surface area contributed by atoms with Gasteiger partial charge in [0.15, 0.2) is 0 Å². The summed E-state index contributed by atoms with van der Waals surface area (Å²) in [7, 11) is 1.48. The quantitative estimate of drug-likeness (QED) is 0.405. The molecule has 0 aliphatic heterocycles. The van der Waals surface area contributed by atoms with Crippen LogP contribution in [0.3, 0.4) is 0 Å². The molecular formula is C16H29N3O5. The van der Waals surface area contributed by atoms with Gasteiger partial charge in [0.05, 0.1) is 0 Å². The van der Waals surface area contributed by atoms with Gasteiger partial charge in [0.1, 0.15) is 12.1 Å². The number of unbranched alkanes of at least 4 members (excludes halogenated alkanes) is 2. The molecule has 0 aromatic carbocycles. The van der Waals surface area contributed by atoms with Gasteiger partial charge in [-0.2, -0.15) is 0 Å². The molecule has 0 saturated heterocycles. The highest BCUT2D eigenvalue weighted by molar-refractivity contribution is 5.91. The second-order valence-corrected chi connectivity index (χ2v) is 6.09. The van der Waals surface area contributed by atoms with Gasteiger partial charge >= 0.3 is 5.97 Å². The molecule has 0 saturated carbocycles. The van der Waals surface area contributed by atoms with Crippen LogP contribution in [-0.2, 0) is 19.2 Å². The van der Waals surface area contributed by atoms with Crippen LogP contribution in [0.2, 0.25) is 0 Å². The molecule has 24 heavy (non-hydrogen) atoms. The summed E-state index contributed by atoms with van der Waals surface area (Å²) in [5, 5.41) is 16.2. The van der Waals surface area contributed by atoms with Crippen molar-refractivity contribution in [2.45, 2.75) is 65.0 Å². The van der Waals surface area contributed by atoms with Crippen molar-refractivity contribution < 1.29 is 24.3 Å². The van der Waals surface area contributed by atoms with Crippen LogP contribution < -0.4 is 16.0 Å². The zero-order valence-corrected chi connectivity index (χ0v) is 14.8. The third-order valence-corrected chi connectivity index (χ3v) is 3.56. The molecule has 3 amide bonds. The van der Waals surface area contributed by atoms with E-state index >= 15 is 0 Å². The molecule has 8 nitrogen and oxygen atoms in total. The second-order valence-electron chi connectivity index (χ2n) is 6.09. The van der Waals surface area contributed by atoms with Crippen LogP contribution >= 0.6 is 0 Å². The Morgan fingerprint density at radius 3 is 1.96 bits per heavy atom. The van der Waals surface area contributed by atoms with Crippen LogP contribution in [-0.4, -0.2) is 47.9 Å². The van der Waals surface area contributed by atoms with Gasteiger partial charge in [-0.05, 0) is 25.7 Å². The van der Waals surface area contributed by atoms with Gasteiger partial charge in [0.25, 0.3) is 0 Å². The zero-order chi connectivity index (χ0) is 18.7. The highest BCUT2D eigenvalue weighted by Crippen LogP contribution is 2.06. The molecule has 0 aromatic rings. The zero-order valence-electron chi connectivity index (χ0n) is 14.8. The lowest BCUT2D eigenvalue weighted by molar-refractivity contribution is -0.137. The molecule has 0 aliphatic rings. The van der Waals surface area contributed by atoms with Crippen molar-refractivity contribution in [2.24, 2.45) is 5.92 Å². The first-order valence-corrected chi connectivity index (χ1v) is 8.22. The second kappa shape index (κ2) is 11.4. The van der Waals surface area contributed by atoms with E-state index in [0.717, 1.165) is 0 Å². The van der Waals surface area contributed by atoms with Gasteiger partial charge in [-0.1, -0.05) is 20.3 Å².